The average molecular weight is 313 g/mol. The Balaban J connectivity index is 2.05. The van der Waals surface area contributed by atoms with Crippen molar-refractivity contribution in [1.29, 1.82) is 0 Å². The lowest BCUT2D eigenvalue weighted by Crippen LogP contribution is -2.09. The van der Waals surface area contributed by atoms with Crippen molar-refractivity contribution in [2.45, 2.75) is 13.8 Å². The Hall–Kier alpha value is -2.89. The van der Waals surface area contributed by atoms with E-state index in [0.29, 0.717) is 5.56 Å². The van der Waals surface area contributed by atoms with Gasteiger partial charge < -0.3 is 10.1 Å². The minimum atomic E-state index is -0.388. The van der Waals surface area contributed by atoms with E-state index >= 15 is 0 Å². The fourth-order valence-electron chi connectivity index (χ4n) is 2.14. The Morgan fingerprint density at radius 3 is 2.39 bits per heavy atom. The molecular formula is C17H19N3O3. The van der Waals surface area contributed by atoms with Crippen LogP contribution in [0.2, 0.25) is 0 Å². The van der Waals surface area contributed by atoms with Crippen LogP contribution in [0.4, 0.5) is 5.69 Å². The Morgan fingerprint density at radius 1 is 1.22 bits per heavy atom. The summed E-state index contributed by atoms with van der Waals surface area (Å²) >= 11 is 0. The molecule has 0 atom stereocenters. The number of methoxy groups -OCH3 is 1. The van der Waals surface area contributed by atoms with Crippen molar-refractivity contribution in [3.8, 4) is 0 Å². The maximum absolute atomic E-state index is 12.0. The second-order valence-electron chi connectivity index (χ2n) is 5.11. The predicted molar refractivity (Wildman–Crippen MR) is 88.1 cm³/mol. The molecule has 0 saturated heterocycles. The molecule has 1 aromatic carbocycles. The topological polar surface area (TPSA) is 73.2 Å². The molecule has 1 N–H and O–H groups in total. The van der Waals surface area contributed by atoms with Gasteiger partial charge in [0, 0.05) is 13.1 Å². The number of aromatic nitrogens is 2. The van der Waals surface area contributed by atoms with E-state index in [1.165, 1.54) is 13.2 Å². The van der Waals surface area contributed by atoms with Gasteiger partial charge in [-0.05, 0) is 37.6 Å². The molecule has 0 bridgehead atoms. The van der Waals surface area contributed by atoms with Crippen LogP contribution in [0.1, 0.15) is 27.3 Å². The highest BCUT2D eigenvalue weighted by atomic mass is 16.5. The number of rotatable bonds is 4. The largest absolute Gasteiger partial charge is 0.465 e. The molecule has 1 amide bonds. The van der Waals surface area contributed by atoms with E-state index in [1.54, 1.807) is 35.0 Å². The number of anilines is 1. The van der Waals surface area contributed by atoms with Crippen molar-refractivity contribution in [3.05, 3.63) is 52.9 Å². The third kappa shape index (κ3) is 3.85. The summed E-state index contributed by atoms with van der Waals surface area (Å²) < 4.78 is 6.36. The molecule has 2 aromatic rings. The predicted octanol–water partition coefficient (Wildman–Crippen LogP) is 2.48. The van der Waals surface area contributed by atoms with Crippen LogP contribution >= 0.6 is 0 Å². The first kappa shape index (κ1) is 16.5. The van der Waals surface area contributed by atoms with Crippen LogP contribution in [-0.4, -0.2) is 28.8 Å². The lowest BCUT2D eigenvalue weighted by atomic mass is 10.1. The summed E-state index contributed by atoms with van der Waals surface area (Å²) in [5, 5.41) is 7.08. The summed E-state index contributed by atoms with van der Waals surface area (Å²) in [5.41, 5.74) is 3.67. The minimum absolute atomic E-state index is 0.235. The van der Waals surface area contributed by atoms with Gasteiger partial charge in [-0.25, -0.2) is 4.79 Å². The highest BCUT2D eigenvalue weighted by Crippen LogP contribution is 2.18. The maximum Gasteiger partial charge on any atom is 0.337 e. The number of nitrogens with zero attached hydrogens (tertiary/aromatic N) is 2. The fourth-order valence-corrected chi connectivity index (χ4v) is 2.14. The molecule has 6 nitrogen and oxygen atoms in total. The molecule has 0 saturated carbocycles. The summed E-state index contributed by atoms with van der Waals surface area (Å²) in [6.45, 7) is 3.74. The monoisotopic (exact) mass is 313 g/mol. The number of hydrogen-bond acceptors (Lipinski definition) is 4. The maximum atomic E-state index is 12.0. The number of nitrogens with one attached hydrogen (secondary N) is 1. The lowest BCUT2D eigenvalue weighted by Gasteiger charge is -2.02. The number of aryl methyl sites for hydroxylation is 2. The zero-order chi connectivity index (χ0) is 17.0. The van der Waals surface area contributed by atoms with Gasteiger partial charge in [-0.1, -0.05) is 12.1 Å². The van der Waals surface area contributed by atoms with Gasteiger partial charge in [0.05, 0.1) is 29.7 Å². The van der Waals surface area contributed by atoms with Gasteiger partial charge in [0.2, 0.25) is 5.91 Å². The van der Waals surface area contributed by atoms with Gasteiger partial charge in [0.25, 0.3) is 0 Å². The number of hydrogen-bond donors (Lipinski definition) is 1. The summed E-state index contributed by atoms with van der Waals surface area (Å²) in [5.74, 6) is -0.623. The van der Waals surface area contributed by atoms with Crippen LogP contribution in [0.15, 0.2) is 30.3 Å². The first-order valence-corrected chi connectivity index (χ1v) is 7.10. The van der Waals surface area contributed by atoms with Crippen molar-refractivity contribution in [1.82, 2.24) is 9.78 Å². The fraction of sp³-hybridized carbons (Fsp3) is 0.235. The molecule has 0 spiro atoms. The van der Waals surface area contributed by atoms with Crippen LogP contribution in [0.5, 0.6) is 0 Å². The molecule has 120 valence electrons. The third-order valence-electron chi connectivity index (χ3n) is 3.52. The van der Waals surface area contributed by atoms with Gasteiger partial charge in [-0.15, -0.1) is 0 Å². The molecule has 1 aromatic heterocycles. The summed E-state index contributed by atoms with van der Waals surface area (Å²) in [6, 6.07) is 6.80. The Labute approximate surface area is 134 Å². The molecule has 0 fully saturated rings. The molecule has 0 aliphatic heterocycles. The van der Waals surface area contributed by atoms with Crippen LogP contribution < -0.4 is 5.32 Å². The first-order valence-electron chi connectivity index (χ1n) is 7.10. The zero-order valence-electron chi connectivity index (χ0n) is 13.6. The second-order valence-corrected chi connectivity index (χ2v) is 5.11. The Bertz CT molecular complexity index is 758. The van der Waals surface area contributed by atoms with Crippen molar-refractivity contribution in [3.63, 3.8) is 0 Å². The quantitative estimate of drug-likeness (QED) is 0.695. The third-order valence-corrected chi connectivity index (χ3v) is 3.52. The smallest absolute Gasteiger partial charge is 0.337 e. The molecule has 0 unspecified atom stereocenters. The normalized spacial score (nSPS) is 10.8. The number of benzene rings is 1. The van der Waals surface area contributed by atoms with Crippen LogP contribution in [0.3, 0.4) is 0 Å². The van der Waals surface area contributed by atoms with E-state index in [4.69, 9.17) is 0 Å². The zero-order valence-corrected chi connectivity index (χ0v) is 13.6. The van der Waals surface area contributed by atoms with Gasteiger partial charge >= 0.3 is 5.97 Å². The molecule has 2 rings (SSSR count). The van der Waals surface area contributed by atoms with E-state index in [0.717, 1.165) is 22.6 Å². The summed E-state index contributed by atoms with van der Waals surface area (Å²) in [7, 11) is 3.17. The SMILES string of the molecule is COC(=O)c1ccc(C=CC(=O)Nc2c(C)nn(C)c2C)cc1. The molecular weight excluding hydrogens is 294 g/mol. The first-order chi connectivity index (χ1) is 10.9. The average Bonchev–Trinajstić information content (AvgIpc) is 2.79. The molecule has 0 aliphatic rings. The number of carbonyl (C=O) groups is 2. The van der Waals surface area contributed by atoms with Crippen LogP contribution in [0, 0.1) is 13.8 Å². The van der Waals surface area contributed by atoms with Crippen LogP contribution in [-0.2, 0) is 16.6 Å². The molecule has 0 aliphatic carbocycles. The van der Waals surface area contributed by atoms with E-state index < -0.39 is 0 Å². The van der Waals surface area contributed by atoms with Gasteiger partial charge in [-0.2, -0.15) is 5.10 Å². The molecule has 1 heterocycles. The van der Waals surface area contributed by atoms with E-state index in [9.17, 15) is 9.59 Å². The molecule has 0 radical (unpaired) electrons. The Kier molecular flexibility index (Phi) is 4.95. The highest BCUT2D eigenvalue weighted by molar-refractivity contribution is 6.02. The second kappa shape index (κ2) is 6.91. The van der Waals surface area contributed by atoms with Crippen molar-refractivity contribution >= 4 is 23.6 Å². The number of esters is 1. The number of amides is 1. The van der Waals surface area contributed by atoms with Crippen molar-refractivity contribution in [2.75, 3.05) is 12.4 Å². The van der Waals surface area contributed by atoms with Crippen LogP contribution in [0.25, 0.3) is 6.08 Å². The van der Waals surface area contributed by atoms with E-state index in [2.05, 4.69) is 15.2 Å². The molecule has 6 heteroatoms. The van der Waals surface area contributed by atoms with Gasteiger partial charge in [-0.3, -0.25) is 9.48 Å². The number of ether oxygens (including phenoxy) is 1. The minimum Gasteiger partial charge on any atom is -0.465 e. The molecule has 23 heavy (non-hydrogen) atoms. The van der Waals surface area contributed by atoms with E-state index in [-0.39, 0.29) is 11.9 Å². The highest BCUT2D eigenvalue weighted by Gasteiger charge is 2.10. The number of carbonyl (C=O) groups excluding carboxylic acids is 2. The van der Waals surface area contributed by atoms with Crippen molar-refractivity contribution < 1.29 is 14.3 Å². The van der Waals surface area contributed by atoms with Crippen molar-refractivity contribution in [2.24, 2.45) is 7.05 Å². The lowest BCUT2D eigenvalue weighted by molar-refractivity contribution is -0.111. The Morgan fingerprint density at radius 2 is 1.87 bits per heavy atom. The standard InChI is InChI=1S/C17H19N3O3/c1-11-16(12(2)20(3)19-11)18-15(21)10-7-13-5-8-14(9-6-13)17(22)23-4/h5-10H,1-4H3,(H,18,21). The summed E-state index contributed by atoms with van der Waals surface area (Å²) in [6.07, 6.45) is 3.12. The van der Waals surface area contributed by atoms with Gasteiger partial charge in [0.15, 0.2) is 0 Å². The van der Waals surface area contributed by atoms with Gasteiger partial charge in [0.1, 0.15) is 0 Å². The summed E-state index contributed by atoms with van der Waals surface area (Å²) in [4.78, 5) is 23.4. The van der Waals surface area contributed by atoms with E-state index in [1.807, 2.05) is 20.9 Å².